The fourth-order valence-corrected chi connectivity index (χ4v) is 1.69. The molecule has 0 spiro atoms. The molecule has 0 bridgehead atoms. The number of amides is 2. The van der Waals surface area contributed by atoms with Gasteiger partial charge >= 0.3 is 12.0 Å². The quantitative estimate of drug-likeness (QED) is 0.782. The molecule has 3 N–H and O–H groups in total. The highest BCUT2D eigenvalue weighted by Crippen LogP contribution is 2.19. The second-order valence-electron chi connectivity index (χ2n) is 5.77. The fraction of sp³-hybridized carbons (Fsp3) is 0.500. The number of urea groups is 1. The lowest BCUT2D eigenvalue weighted by Gasteiger charge is -2.27. The Labute approximate surface area is 118 Å². The SMILES string of the molecule is Cc1ccncc1CNC(=O)N[C@H](C(=O)O)C(C)(C)C. The maximum atomic E-state index is 11.8. The second kappa shape index (κ2) is 6.36. The van der Waals surface area contributed by atoms with Crippen LogP contribution in [0, 0.1) is 12.3 Å². The molecule has 110 valence electrons. The van der Waals surface area contributed by atoms with Crippen LogP contribution in [0.2, 0.25) is 0 Å². The zero-order valence-electron chi connectivity index (χ0n) is 12.2. The Hall–Kier alpha value is -2.11. The number of nitrogens with one attached hydrogen (secondary N) is 2. The molecule has 0 fully saturated rings. The smallest absolute Gasteiger partial charge is 0.326 e. The number of carbonyl (C=O) groups is 2. The van der Waals surface area contributed by atoms with E-state index in [-0.39, 0.29) is 0 Å². The van der Waals surface area contributed by atoms with Gasteiger partial charge < -0.3 is 15.7 Å². The average Bonchev–Trinajstić information content (AvgIpc) is 2.33. The van der Waals surface area contributed by atoms with Crippen LogP contribution >= 0.6 is 0 Å². The summed E-state index contributed by atoms with van der Waals surface area (Å²) < 4.78 is 0. The van der Waals surface area contributed by atoms with Crippen molar-refractivity contribution < 1.29 is 14.7 Å². The first kappa shape index (κ1) is 15.9. The molecule has 1 heterocycles. The molecule has 0 radical (unpaired) electrons. The highest BCUT2D eigenvalue weighted by molar-refractivity contribution is 5.83. The van der Waals surface area contributed by atoms with Crippen molar-refractivity contribution in [3.63, 3.8) is 0 Å². The lowest BCUT2D eigenvalue weighted by atomic mass is 9.87. The van der Waals surface area contributed by atoms with E-state index in [4.69, 9.17) is 5.11 Å². The van der Waals surface area contributed by atoms with Gasteiger partial charge in [-0.25, -0.2) is 9.59 Å². The van der Waals surface area contributed by atoms with Crippen LogP contribution in [-0.2, 0) is 11.3 Å². The summed E-state index contributed by atoms with van der Waals surface area (Å²) in [6.07, 6.45) is 3.35. The highest BCUT2D eigenvalue weighted by atomic mass is 16.4. The van der Waals surface area contributed by atoms with Gasteiger partial charge in [-0.1, -0.05) is 20.8 Å². The Morgan fingerprint density at radius 3 is 2.55 bits per heavy atom. The summed E-state index contributed by atoms with van der Waals surface area (Å²) in [6.45, 7) is 7.51. The minimum Gasteiger partial charge on any atom is -0.480 e. The lowest BCUT2D eigenvalue weighted by Crippen LogP contribution is -2.52. The van der Waals surface area contributed by atoms with Crippen molar-refractivity contribution in [2.24, 2.45) is 5.41 Å². The minimum absolute atomic E-state index is 0.308. The second-order valence-corrected chi connectivity index (χ2v) is 5.77. The fourth-order valence-electron chi connectivity index (χ4n) is 1.69. The predicted molar refractivity (Wildman–Crippen MR) is 75.2 cm³/mol. The number of carboxylic acid groups (broad SMARTS) is 1. The van der Waals surface area contributed by atoms with Gasteiger partial charge in [0.15, 0.2) is 0 Å². The molecule has 1 atom stereocenters. The Morgan fingerprint density at radius 1 is 1.40 bits per heavy atom. The highest BCUT2D eigenvalue weighted by Gasteiger charge is 2.32. The number of nitrogens with zero attached hydrogens (tertiary/aromatic N) is 1. The van der Waals surface area contributed by atoms with Gasteiger partial charge in [0.1, 0.15) is 6.04 Å². The van der Waals surface area contributed by atoms with Crippen LogP contribution in [-0.4, -0.2) is 28.1 Å². The van der Waals surface area contributed by atoms with Gasteiger partial charge in [0.05, 0.1) is 0 Å². The number of carbonyl (C=O) groups excluding carboxylic acids is 1. The predicted octanol–water partition coefficient (Wildman–Crippen LogP) is 1.69. The number of hydrogen-bond donors (Lipinski definition) is 3. The van der Waals surface area contributed by atoms with Gasteiger partial charge in [-0.15, -0.1) is 0 Å². The summed E-state index contributed by atoms with van der Waals surface area (Å²) >= 11 is 0. The van der Waals surface area contributed by atoms with E-state index in [1.807, 2.05) is 13.0 Å². The van der Waals surface area contributed by atoms with Crippen LogP contribution in [0.5, 0.6) is 0 Å². The number of aryl methyl sites for hydroxylation is 1. The minimum atomic E-state index is -1.05. The van der Waals surface area contributed by atoms with Crippen LogP contribution in [0.15, 0.2) is 18.5 Å². The molecule has 1 aromatic rings. The summed E-state index contributed by atoms with van der Waals surface area (Å²) in [5.74, 6) is -1.05. The van der Waals surface area contributed by atoms with E-state index < -0.39 is 23.5 Å². The van der Waals surface area contributed by atoms with Crippen LogP contribution in [0.3, 0.4) is 0 Å². The Balaban J connectivity index is 2.60. The van der Waals surface area contributed by atoms with E-state index in [1.54, 1.807) is 33.2 Å². The molecule has 0 aromatic carbocycles. The average molecular weight is 279 g/mol. The molecule has 0 aliphatic carbocycles. The van der Waals surface area contributed by atoms with E-state index in [2.05, 4.69) is 15.6 Å². The molecular weight excluding hydrogens is 258 g/mol. The van der Waals surface area contributed by atoms with Crippen molar-refractivity contribution in [2.75, 3.05) is 0 Å². The zero-order chi connectivity index (χ0) is 15.3. The number of carboxylic acids is 1. The molecule has 1 aromatic heterocycles. The summed E-state index contributed by atoms with van der Waals surface area (Å²) in [4.78, 5) is 26.9. The van der Waals surface area contributed by atoms with Crippen LogP contribution in [0.1, 0.15) is 31.9 Å². The molecule has 0 aliphatic heterocycles. The van der Waals surface area contributed by atoms with Crippen LogP contribution in [0.25, 0.3) is 0 Å². The van der Waals surface area contributed by atoms with E-state index >= 15 is 0 Å². The van der Waals surface area contributed by atoms with Crippen molar-refractivity contribution in [1.82, 2.24) is 15.6 Å². The molecule has 20 heavy (non-hydrogen) atoms. The van der Waals surface area contributed by atoms with E-state index in [0.717, 1.165) is 11.1 Å². The molecule has 0 saturated heterocycles. The first-order valence-electron chi connectivity index (χ1n) is 6.38. The molecule has 6 heteroatoms. The van der Waals surface area contributed by atoms with Crippen molar-refractivity contribution >= 4 is 12.0 Å². The van der Waals surface area contributed by atoms with E-state index in [9.17, 15) is 9.59 Å². The largest absolute Gasteiger partial charge is 0.480 e. The molecule has 0 aliphatic rings. The van der Waals surface area contributed by atoms with Gasteiger partial charge in [0.25, 0.3) is 0 Å². The maximum absolute atomic E-state index is 11.8. The monoisotopic (exact) mass is 279 g/mol. The summed E-state index contributed by atoms with van der Waals surface area (Å²) in [6, 6.07) is 0.400. The molecule has 2 amide bonds. The molecule has 1 rings (SSSR count). The van der Waals surface area contributed by atoms with Crippen molar-refractivity contribution in [1.29, 1.82) is 0 Å². The van der Waals surface area contributed by atoms with E-state index in [1.165, 1.54) is 0 Å². The van der Waals surface area contributed by atoms with Gasteiger partial charge in [-0.2, -0.15) is 0 Å². The Morgan fingerprint density at radius 2 is 2.05 bits per heavy atom. The topological polar surface area (TPSA) is 91.3 Å². The van der Waals surface area contributed by atoms with Crippen LogP contribution < -0.4 is 10.6 Å². The third-order valence-corrected chi connectivity index (χ3v) is 2.98. The zero-order valence-corrected chi connectivity index (χ0v) is 12.2. The molecular formula is C14H21N3O3. The van der Waals surface area contributed by atoms with Crippen molar-refractivity contribution in [3.05, 3.63) is 29.6 Å². The summed E-state index contributed by atoms with van der Waals surface area (Å²) in [5, 5.41) is 14.3. The maximum Gasteiger partial charge on any atom is 0.326 e. The van der Waals surface area contributed by atoms with Gasteiger partial charge in [-0.05, 0) is 29.5 Å². The number of rotatable bonds is 4. The van der Waals surface area contributed by atoms with Gasteiger partial charge in [0, 0.05) is 18.9 Å². The number of hydrogen-bond acceptors (Lipinski definition) is 3. The Kier molecular flexibility index (Phi) is 5.07. The Bertz CT molecular complexity index is 495. The normalized spacial score (nSPS) is 12.6. The number of aliphatic carboxylic acids is 1. The third-order valence-electron chi connectivity index (χ3n) is 2.98. The molecule has 0 saturated carbocycles. The first-order valence-corrected chi connectivity index (χ1v) is 6.38. The van der Waals surface area contributed by atoms with E-state index in [0.29, 0.717) is 6.54 Å². The van der Waals surface area contributed by atoms with Gasteiger partial charge in [0.2, 0.25) is 0 Å². The third kappa shape index (κ3) is 4.53. The van der Waals surface area contributed by atoms with Crippen molar-refractivity contribution in [2.45, 2.75) is 40.3 Å². The van der Waals surface area contributed by atoms with Crippen LogP contribution in [0.4, 0.5) is 4.79 Å². The summed E-state index contributed by atoms with van der Waals surface area (Å²) in [5.41, 5.74) is 1.35. The standard InChI is InChI=1S/C14H21N3O3/c1-9-5-6-15-7-10(9)8-16-13(20)17-11(12(18)19)14(2,3)4/h5-7,11H,8H2,1-4H3,(H,18,19)(H2,16,17,20)/t11-/m1/s1. The first-order chi connectivity index (χ1) is 9.21. The van der Waals surface area contributed by atoms with Gasteiger partial charge in [-0.3, -0.25) is 4.98 Å². The lowest BCUT2D eigenvalue weighted by molar-refractivity contribution is -0.141. The molecule has 0 unspecified atom stereocenters. The van der Waals surface area contributed by atoms with Crippen molar-refractivity contribution in [3.8, 4) is 0 Å². The number of pyridine rings is 1. The number of aromatic nitrogens is 1. The summed E-state index contributed by atoms with van der Waals surface area (Å²) in [7, 11) is 0. The molecule has 6 nitrogen and oxygen atoms in total.